The Hall–Kier alpha value is -1.93. The second kappa shape index (κ2) is 4.73. The molecule has 0 bridgehead atoms. The maximum absolute atomic E-state index is 12.9. The molecule has 0 unspecified atom stereocenters. The van der Waals surface area contributed by atoms with Gasteiger partial charge in [0.2, 0.25) is 0 Å². The Morgan fingerprint density at radius 2 is 2.38 bits per heavy atom. The lowest BCUT2D eigenvalue weighted by atomic mass is 10.2. The van der Waals surface area contributed by atoms with Gasteiger partial charge in [0, 0.05) is 11.1 Å². The van der Waals surface area contributed by atoms with Crippen LogP contribution >= 0.6 is 11.3 Å². The smallest absolute Gasteiger partial charge is 0.124 e. The van der Waals surface area contributed by atoms with Gasteiger partial charge in [-0.2, -0.15) is 5.26 Å². The third kappa shape index (κ3) is 2.35. The summed E-state index contributed by atoms with van der Waals surface area (Å²) in [7, 11) is 0. The standard InChI is InChI=1S/C11H8FN3S/c12-9-1-2-11(8(3-9)4-13)15-6-10-5-14-7-16-10/h1-3,5,7,15H,6H2. The van der Waals surface area contributed by atoms with Crippen molar-refractivity contribution in [3.63, 3.8) is 0 Å². The summed E-state index contributed by atoms with van der Waals surface area (Å²) in [4.78, 5) is 5.01. The topological polar surface area (TPSA) is 48.7 Å². The molecule has 2 aromatic rings. The minimum absolute atomic E-state index is 0.310. The Bertz CT molecular complexity index is 517. The molecule has 5 heteroatoms. The highest BCUT2D eigenvalue weighted by molar-refractivity contribution is 7.09. The Morgan fingerprint density at radius 3 is 3.06 bits per heavy atom. The number of nitriles is 1. The van der Waals surface area contributed by atoms with E-state index in [2.05, 4.69) is 10.3 Å². The largest absolute Gasteiger partial charge is 0.379 e. The molecule has 0 spiro atoms. The first kappa shape index (κ1) is 10.6. The molecule has 1 heterocycles. The molecular formula is C11H8FN3S. The molecule has 0 aliphatic carbocycles. The van der Waals surface area contributed by atoms with Crippen LogP contribution in [0.15, 0.2) is 29.9 Å². The number of thiazole rings is 1. The zero-order valence-corrected chi connectivity index (χ0v) is 9.09. The van der Waals surface area contributed by atoms with Crippen molar-refractivity contribution in [1.29, 1.82) is 5.26 Å². The SMILES string of the molecule is N#Cc1cc(F)ccc1NCc1cncs1. The first-order valence-electron chi connectivity index (χ1n) is 4.60. The normalized spacial score (nSPS) is 9.75. The Balaban J connectivity index is 2.13. The minimum Gasteiger partial charge on any atom is -0.379 e. The van der Waals surface area contributed by atoms with E-state index in [1.165, 1.54) is 23.5 Å². The van der Waals surface area contributed by atoms with Crippen molar-refractivity contribution >= 4 is 17.0 Å². The average molecular weight is 233 g/mol. The van der Waals surface area contributed by atoms with Crippen LogP contribution in [0.4, 0.5) is 10.1 Å². The number of aromatic nitrogens is 1. The zero-order valence-electron chi connectivity index (χ0n) is 8.27. The number of nitrogens with zero attached hydrogens (tertiary/aromatic N) is 2. The van der Waals surface area contributed by atoms with E-state index in [-0.39, 0.29) is 0 Å². The van der Waals surface area contributed by atoms with Crippen molar-refractivity contribution in [3.8, 4) is 6.07 Å². The molecule has 80 valence electrons. The third-order valence-corrected chi connectivity index (χ3v) is 2.82. The van der Waals surface area contributed by atoms with Crippen molar-refractivity contribution in [2.75, 3.05) is 5.32 Å². The molecule has 2 rings (SSSR count). The van der Waals surface area contributed by atoms with E-state index >= 15 is 0 Å². The molecule has 1 aromatic carbocycles. The highest BCUT2D eigenvalue weighted by atomic mass is 32.1. The molecule has 1 N–H and O–H groups in total. The van der Waals surface area contributed by atoms with Crippen molar-refractivity contribution in [2.24, 2.45) is 0 Å². The lowest BCUT2D eigenvalue weighted by Crippen LogP contribution is -2.00. The van der Waals surface area contributed by atoms with Gasteiger partial charge in [0.1, 0.15) is 11.9 Å². The van der Waals surface area contributed by atoms with Crippen LogP contribution in [-0.4, -0.2) is 4.98 Å². The second-order valence-corrected chi connectivity index (χ2v) is 4.09. The molecule has 0 saturated carbocycles. The monoisotopic (exact) mass is 233 g/mol. The van der Waals surface area contributed by atoms with Crippen LogP contribution in [0.25, 0.3) is 0 Å². The van der Waals surface area contributed by atoms with Gasteiger partial charge in [-0.05, 0) is 18.2 Å². The summed E-state index contributed by atoms with van der Waals surface area (Å²) >= 11 is 1.53. The molecule has 1 aromatic heterocycles. The summed E-state index contributed by atoms with van der Waals surface area (Å²) < 4.78 is 12.9. The van der Waals surface area contributed by atoms with Crippen LogP contribution in [-0.2, 0) is 6.54 Å². The van der Waals surface area contributed by atoms with Gasteiger partial charge >= 0.3 is 0 Å². The van der Waals surface area contributed by atoms with Gasteiger partial charge in [0.05, 0.1) is 23.3 Å². The molecule has 0 fully saturated rings. The Kier molecular flexibility index (Phi) is 3.13. The van der Waals surface area contributed by atoms with Crippen molar-refractivity contribution < 1.29 is 4.39 Å². The van der Waals surface area contributed by atoms with E-state index < -0.39 is 5.82 Å². The number of anilines is 1. The van der Waals surface area contributed by atoms with Crippen molar-refractivity contribution in [3.05, 3.63) is 46.2 Å². The van der Waals surface area contributed by atoms with E-state index in [0.29, 0.717) is 17.8 Å². The van der Waals surface area contributed by atoms with Gasteiger partial charge < -0.3 is 5.32 Å². The number of halogens is 1. The minimum atomic E-state index is -0.403. The average Bonchev–Trinajstić information content (AvgIpc) is 2.80. The van der Waals surface area contributed by atoms with Crippen LogP contribution < -0.4 is 5.32 Å². The summed E-state index contributed by atoms with van der Waals surface area (Å²) in [5, 5.41) is 11.9. The van der Waals surface area contributed by atoms with Gasteiger partial charge in [-0.15, -0.1) is 11.3 Å². The number of rotatable bonds is 3. The van der Waals surface area contributed by atoms with E-state index in [9.17, 15) is 4.39 Å². The van der Waals surface area contributed by atoms with Crippen LogP contribution in [0.3, 0.4) is 0 Å². The highest BCUT2D eigenvalue weighted by Gasteiger charge is 2.03. The van der Waals surface area contributed by atoms with Crippen molar-refractivity contribution in [2.45, 2.75) is 6.54 Å². The molecule has 3 nitrogen and oxygen atoms in total. The molecule has 0 atom stereocenters. The number of hydrogen-bond acceptors (Lipinski definition) is 4. The lowest BCUT2D eigenvalue weighted by molar-refractivity contribution is 0.627. The summed E-state index contributed by atoms with van der Waals surface area (Å²) in [5.74, 6) is -0.403. The van der Waals surface area contributed by atoms with Crippen LogP contribution in [0.1, 0.15) is 10.4 Å². The van der Waals surface area contributed by atoms with Gasteiger partial charge in [-0.1, -0.05) is 0 Å². The maximum Gasteiger partial charge on any atom is 0.124 e. The third-order valence-electron chi connectivity index (χ3n) is 2.04. The second-order valence-electron chi connectivity index (χ2n) is 3.12. The van der Waals surface area contributed by atoms with E-state index in [0.717, 1.165) is 4.88 Å². The number of hydrogen-bond donors (Lipinski definition) is 1. The predicted octanol–water partition coefficient (Wildman–Crippen LogP) is 2.77. The number of benzene rings is 1. The van der Waals surface area contributed by atoms with E-state index in [1.54, 1.807) is 17.8 Å². The van der Waals surface area contributed by atoms with E-state index in [1.807, 2.05) is 6.07 Å². The Labute approximate surface area is 96.2 Å². The van der Waals surface area contributed by atoms with Gasteiger partial charge in [-0.3, -0.25) is 4.98 Å². The van der Waals surface area contributed by atoms with E-state index in [4.69, 9.17) is 5.26 Å². The fraction of sp³-hybridized carbons (Fsp3) is 0.0909. The van der Waals surface area contributed by atoms with Crippen LogP contribution in [0.2, 0.25) is 0 Å². The summed E-state index contributed by atoms with van der Waals surface area (Å²) in [6.45, 7) is 0.588. The predicted molar refractivity (Wildman–Crippen MR) is 60.6 cm³/mol. The molecule has 16 heavy (non-hydrogen) atoms. The molecule has 0 saturated heterocycles. The van der Waals surface area contributed by atoms with Gasteiger partial charge in [0.15, 0.2) is 0 Å². The fourth-order valence-corrected chi connectivity index (χ4v) is 1.81. The first-order valence-corrected chi connectivity index (χ1v) is 5.48. The molecule has 0 aliphatic rings. The molecule has 0 radical (unpaired) electrons. The molecule has 0 amide bonds. The quantitative estimate of drug-likeness (QED) is 0.886. The van der Waals surface area contributed by atoms with Crippen LogP contribution in [0, 0.1) is 17.1 Å². The summed E-state index contributed by atoms with van der Waals surface area (Å²) in [6.07, 6.45) is 1.76. The van der Waals surface area contributed by atoms with Crippen LogP contribution in [0.5, 0.6) is 0 Å². The first-order chi connectivity index (χ1) is 7.79. The molecular weight excluding hydrogens is 225 g/mol. The Morgan fingerprint density at radius 1 is 1.50 bits per heavy atom. The molecule has 0 aliphatic heterocycles. The van der Waals surface area contributed by atoms with Gasteiger partial charge in [0.25, 0.3) is 0 Å². The maximum atomic E-state index is 12.9. The van der Waals surface area contributed by atoms with Crippen molar-refractivity contribution in [1.82, 2.24) is 4.98 Å². The lowest BCUT2D eigenvalue weighted by Gasteiger charge is -2.06. The highest BCUT2D eigenvalue weighted by Crippen LogP contribution is 2.17. The van der Waals surface area contributed by atoms with Gasteiger partial charge in [-0.25, -0.2) is 4.39 Å². The number of nitrogens with one attached hydrogen (secondary N) is 1. The fourth-order valence-electron chi connectivity index (χ4n) is 1.27. The summed E-state index contributed by atoms with van der Waals surface area (Å²) in [6, 6.07) is 6.06. The summed E-state index contributed by atoms with van der Waals surface area (Å²) in [5.41, 5.74) is 2.69. The zero-order chi connectivity index (χ0) is 11.4.